The first kappa shape index (κ1) is 17.5. The van der Waals surface area contributed by atoms with Gasteiger partial charge in [-0.25, -0.2) is 4.98 Å². The summed E-state index contributed by atoms with van der Waals surface area (Å²) < 4.78 is 1.81. The van der Waals surface area contributed by atoms with Gasteiger partial charge in [0, 0.05) is 30.7 Å². The standard InChI is InChI=1S/C22H18N4O2/c1-23-21(27)16-7-5-6-15(12-16)17-10-11-20-25-19(14-26(20)13-17)22(28)24-18-8-3-2-4-9-18/h2-14H,1H3,(H,23,27)(H,24,28). The zero-order chi connectivity index (χ0) is 19.5. The average Bonchev–Trinajstić information content (AvgIpc) is 3.17. The van der Waals surface area contributed by atoms with Gasteiger partial charge in [0.05, 0.1) is 0 Å². The number of nitrogens with one attached hydrogen (secondary N) is 2. The van der Waals surface area contributed by atoms with Gasteiger partial charge in [-0.05, 0) is 47.5 Å². The molecule has 0 aliphatic heterocycles. The first-order chi connectivity index (χ1) is 13.6. The van der Waals surface area contributed by atoms with E-state index in [9.17, 15) is 9.59 Å². The highest BCUT2D eigenvalue weighted by atomic mass is 16.2. The molecule has 0 aliphatic rings. The Morgan fingerprint density at radius 2 is 1.68 bits per heavy atom. The molecule has 4 aromatic rings. The smallest absolute Gasteiger partial charge is 0.275 e. The Balaban J connectivity index is 1.63. The number of benzene rings is 2. The normalized spacial score (nSPS) is 10.6. The molecule has 2 heterocycles. The third-order valence-corrected chi connectivity index (χ3v) is 4.40. The lowest BCUT2D eigenvalue weighted by molar-refractivity contribution is 0.0962. The fourth-order valence-electron chi connectivity index (χ4n) is 2.97. The van der Waals surface area contributed by atoms with Crippen molar-refractivity contribution in [3.05, 3.63) is 90.4 Å². The highest BCUT2D eigenvalue weighted by Crippen LogP contribution is 2.22. The molecule has 0 saturated heterocycles. The number of hydrogen-bond acceptors (Lipinski definition) is 3. The van der Waals surface area contributed by atoms with E-state index in [0.717, 1.165) is 16.8 Å². The lowest BCUT2D eigenvalue weighted by atomic mass is 10.0. The molecule has 6 heteroatoms. The maximum Gasteiger partial charge on any atom is 0.275 e. The monoisotopic (exact) mass is 370 g/mol. The topological polar surface area (TPSA) is 75.5 Å². The van der Waals surface area contributed by atoms with Gasteiger partial charge < -0.3 is 15.0 Å². The zero-order valence-electron chi connectivity index (χ0n) is 15.2. The first-order valence-corrected chi connectivity index (χ1v) is 8.82. The predicted octanol–water partition coefficient (Wildman–Crippen LogP) is 3.61. The van der Waals surface area contributed by atoms with E-state index in [1.165, 1.54) is 0 Å². The van der Waals surface area contributed by atoms with Crippen LogP contribution in [0, 0.1) is 0 Å². The summed E-state index contributed by atoms with van der Waals surface area (Å²) in [5, 5.41) is 5.46. The van der Waals surface area contributed by atoms with Crippen molar-refractivity contribution in [1.82, 2.24) is 14.7 Å². The third-order valence-electron chi connectivity index (χ3n) is 4.40. The Morgan fingerprint density at radius 1 is 0.857 bits per heavy atom. The van der Waals surface area contributed by atoms with Crippen LogP contribution in [-0.4, -0.2) is 28.2 Å². The molecule has 0 unspecified atom stereocenters. The lowest BCUT2D eigenvalue weighted by Gasteiger charge is -2.05. The largest absolute Gasteiger partial charge is 0.355 e. The number of anilines is 1. The zero-order valence-corrected chi connectivity index (χ0v) is 15.2. The quantitative estimate of drug-likeness (QED) is 0.576. The minimum atomic E-state index is -0.266. The number of imidazole rings is 1. The Morgan fingerprint density at radius 3 is 2.46 bits per heavy atom. The summed E-state index contributed by atoms with van der Waals surface area (Å²) in [6.07, 6.45) is 3.59. The molecule has 0 aliphatic carbocycles. The van der Waals surface area contributed by atoms with Crippen molar-refractivity contribution in [3.63, 3.8) is 0 Å². The van der Waals surface area contributed by atoms with Gasteiger partial charge in [-0.15, -0.1) is 0 Å². The highest BCUT2D eigenvalue weighted by molar-refractivity contribution is 6.03. The minimum Gasteiger partial charge on any atom is -0.355 e. The summed E-state index contributed by atoms with van der Waals surface area (Å²) in [6, 6.07) is 20.4. The lowest BCUT2D eigenvalue weighted by Crippen LogP contribution is -2.17. The molecule has 0 saturated carbocycles. The van der Waals surface area contributed by atoms with Crippen LogP contribution >= 0.6 is 0 Å². The maximum atomic E-state index is 12.5. The number of rotatable bonds is 4. The van der Waals surface area contributed by atoms with Crippen LogP contribution < -0.4 is 10.6 Å². The van der Waals surface area contributed by atoms with E-state index >= 15 is 0 Å². The van der Waals surface area contributed by atoms with E-state index in [4.69, 9.17) is 0 Å². The van der Waals surface area contributed by atoms with Crippen LogP contribution in [-0.2, 0) is 0 Å². The van der Waals surface area contributed by atoms with E-state index < -0.39 is 0 Å². The molecular formula is C22H18N4O2. The van der Waals surface area contributed by atoms with Gasteiger partial charge in [0.2, 0.25) is 0 Å². The van der Waals surface area contributed by atoms with E-state index in [1.807, 2.05) is 71.3 Å². The van der Waals surface area contributed by atoms with Crippen molar-refractivity contribution in [2.75, 3.05) is 12.4 Å². The Bertz CT molecular complexity index is 1170. The number of carbonyl (C=O) groups is 2. The fourth-order valence-corrected chi connectivity index (χ4v) is 2.97. The number of pyridine rings is 1. The van der Waals surface area contributed by atoms with E-state index in [-0.39, 0.29) is 11.8 Å². The summed E-state index contributed by atoms with van der Waals surface area (Å²) in [6.45, 7) is 0. The second-order valence-electron chi connectivity index (χ2n) is 6.29. The summed E-state index contributed by atoms with van der Waals surface area (Å²) in [5.41, 5.74) is 4.15. The van der Waals surface area contributed by atoms with Crippen LogP contribution in [0.5, 0.6) is 0 Å². The molecule has 0 fully saturated rings. The van der Waals surface area contributed by atoms with Crippen molar-refractivity contribution in [2.45, 2.75) is 0 Å². The predicted molar refractivity (Wildman–Crippen MR) is 108 cm³/mol. The second-order valence-corrected chi connectivity index (χ2v) is 6.29. The first-order valence-electron chi connectivity index (χ1n) is 8.82. The van der Waals surface area contributed by atoms with E-state index in [2.05, 4.69) is 15.6 Å². The molecule has 28 heavy (non-hydrogen) atoms. The molecule has 0 bridgehead atoms. The van der Waals surface area contributed by atoms with Gasteiger partial charge in [0.25, 0.3) is 11.8 Å². The Labute approximate surface area is 161 Å². The Kier molecular flexibility index (Phi) is 4.60. The number of amides is 2. The summed E-state index contributed by atoms with van der Waals surface area (Å²) in [5.74, 6) is -0.400. The molecule has 4 rings (SSSR count). The van der Waals surface area contributed by atoms with Gasteiger partial charge in [-0.2, -0.15) is 0 Å². The highest BCUT2D eigenvalue weighted by Gasteiger charge is 2.12. The molecule has 6 nitrogen and oxygen atoms in total. The summed E-state index contributed by atoms with van der Waals surface area (Å²) >= 11 is 0. The van der Waals surface area contributed by atoms with Gasteiger partial charge >= 0.3 is 0 Å². The van der Waals surface area contributed by atoms with Crippen molar-refractivity contribution >= 4 is 23.1 Å². The van der Waals surface area contributed by atoms with Crippen LogP contribution in [0.25, 0.3) is 16.8 Å². The molecule has 0 spiro atoms. The van der Waals surface area contributed by atoms with Gasteiger partial charge in [-0.1, -0.05) is 30.3 Å². The number of para-hydroxylation sites is 1. The molecule has 2 aromatic heterocycles. The van der Waals surface area contributed by atoms with Crippen LogP contribution in [0.1, 0.15) is 20.8 Å². The molecule has 2 amide bonds. The molecule has 2 aromatic carbocycles. The number of fused-ring (bicyclic) bond motifs is 1. The molecule has 0 atom stereocenters. The number of hydrogen-bond donors (Lipinski definition) is 2. The van der Waals surface area contributed by atoms with Crippen LogP contribution in [0.3, 0.4) is 0 Å². The number of nitrogens with zero attached hydrogens (tertiary/aromatic N) is 2. The van der Waals surface area contributed by atoms with Gasteiger partial charge in [0.1, 0.15) is 11.3 Å². The van der Waals surface area contributed by atoms with Crippen molar-refractivity contribution in [1.29, 1.82) is 0 Å². The third kappa shape index (κ3) is 3.48. The van der Waals surface area contributed by atoms with E-state index in [1.54, 1.807) is 19.3 Å². The van der Waals surface area contributed by atoms with Crippen molar-refractivity contribution in [2.24, 2.45) is 0 Å². The molecule has 138 valence electrons. The van der Waals surface area contributed by atoms with Gasteiger partial charge in [0.15, 0.2) is 0 Å². The van der Waals surface area contributed by atoms with Gasteiger partial charge in [-0.3, -0.25) is 9.59 Å². The summed E-state index contributed by atoms with van der Waals surface area (Å²) in [4.78, 5) is 28.7. The molecule has 2 N–H and O–H groups in total. The van der Waals surface area contributed by atoms with Crippen LogP contribution in [0.15, 0.2) is 79.1 Å². The van der Waals surface area contributed by atoms with Crippen molar-refractivity contribution < 1.29 is 9.59 Å². The molecular weight excluding hydrogens is 352 g/mol. The Hall–Kier alpha value is -3.93. The minimum absolute atomic E-state index is 0.134. The number of carbonyl (C=O) groups excluding carboxylic acids is 2. The van der Waals surface area contributed by atoms with Crippen molar-refractivity contribution in [3.8, 4) is 11.1 Å². The number of aromatic nitrogens is 2. The van der Waals surface area contributed by atoms with Crippen LogP contribution in [0.2, 0.25) is 0 Å². The maximum absolute atomic E-state index is 12.5. The molecule has 0 radical (unpaired) electrons. The average molecular weight is 370 g/mol. The fraction of sp³-hybridized carbons (Fsp3) is 0.0455. The SMILES string of the molecule is CNC(=O)c1cccc(-c2ccc3nc(C(=O)Nc4ccccc4)cn3c2)c1. The summed E-state index contributed by atoms with van der Waals surface area (Å²) in [7, 11) is 1.61. The second kappa shape index (κ2) is 7.36. The van der Waals surface area contributed by atoms with Crippen LogP contribution in [0.4, 0.5) is 5.69 Å². The van der Waals surface area contributed by atoms with E-state index in [0.29, 0.717) is 16.9 Å².